The minimum atomic E-state index is -0.218. The maximum absolute atomic E-state index is 12.4. The van der Waals surface area contributed by atoms with Crippen molar-refractivity contribution >= 4 is 5.91 Å². The molecule has 3 aromatic rings. The van der Waals surface area contributed by atoms with Crippen LogP contribution >= 0.6 is 0 Å². The highest BCUT2D eigenvalue weighted by atomic mass is 16.5. The number of fused-ring (bicyclic) bond motifs is 1. The second-order valence-electron chi connectivity index (χ2n) is 7.16. The molecule has 6 heteroatoms. The lowest BCUT2D eigenvalue weighted by Crippen LogP contribution is -2.32. The number of nitrogens with zero attached hydrogens (tertiary/aromatic N) is 2. The molecule has 29 heavy (non-hydrogen) atoms. The van der Waals surface area contributed by atoms with Crippen LogP contribution in [0.3, 0.4) is 0 Å². The minimum absolute atomic E-state index is 0.0438. The maximum Gasteiger partial charge on any atom is 0.224 e. The minimum Gasteiger partial charge on any atom is -0.497 e. The number of carbonyl (C=O) groups is 1. The lowest BCUT2D eigenvalue weighted by Gasteiger charge is -2.22. The third-order valence-corrected chi connectivity index (χ3v) is 5.04. The molecule has 2 heterocycles. The van der Waals surface area contributed by atoms with Crippen molar-refractivity contribution in [3.05, 3.63) is 83.2 Å². The number of rotatable bonds is 7. The number of amides is 1. The van der Waals surface area contributed by atoms with Gasteiger partial charge in [-0.15, -0.1) is 0 Å². The van der Waals surface area contributed by atoms with Crippen LogP contribution in [0.25, 0.3) is 0 Å². The topological polar surface area (TPSA) is 65.4 Å². The number of aromatic nitrogens is 2. The molecule has 1 aliphatic heterocycles. The fourth-order valence-corrected chi connectivity index (χ4v) is 3.58. The zero-order valence-electron chi connectivity index (χ0n) is 16.5. The maximum atomic E-state index is 12.4. The first-order valence-corrected chi connectivity index (χ1v) is 9.82. The van der Waals surface area contributed by atoms with E-state index in [9.17, 15) is 4.79 Å². The summed E-state index contributed by atoms with van der Waals surface area (Å²) in [5, 5.41) is 7.72. The van der Waals surface area contributed by atoms with E-state index in [1.165, 1.54) is 11.1 Å². The smallest absolute Gasteiger partial charge is 0.224 e. The summed E-state index contributed by atoms with van der Waals surface area (Å²) in [7, 11) is 1.62. The Hall–Kier alpha value is -3.12. The molecule has 6 nitrogen and oxygen atoms in total. The van der Waals surface area contributed by atoms with Crippen LogP contribution in [0, 0.1) is 0 Å². The standard InChI is InChI=1S/C23H25N3O3/c1-28-20-9-5-8-18(12-20)13-22(27)24-14-21-23-19(10-11-29-21)16-26(25-23)15-17-6-3-2-4-7-17/h2-9,12,16,21H,10-11,13-15H2,1H3,(H,24,27). The highest BCUT2D eigenvalue weighted by molar-refractivity contribution is 5.78. The van der Waals surface area contributed by atoms with Crippen molar-refractivity contribution in [3.8, 4) is 5.75 Å². The lowest BCUT2D eigenvalue weighted by molar-refractivity contribution is -0.121. The second kappa shape index (κ2) is 8.92. The first-order valence-electron chi connectivity index (χ1n) is 9.82. The van der Waals surface area contributed by atoms with Crippen LogP contribution in [-0.4, -0.2) is 35.9 Å². The molecule has 1 aromatic heterocycles. The second-order valence-corrected chi connectivity index (χ2v) is 7.16. The van der Waals surface area contributed by atoms with Crippen molar-refractivity contribution in [2.45, 2.75) is 25.5 Å². The number of hydrogen-bond donors (Lipinski definition) is 1. The Morgan fingerprint density at radius 1 is 1.21 bits per heavy atom. The zero-order chi connectivity index (χ0) is 20.1. The van der Waals surface area contributed by atoms with Gasteiger partial charge in [0.1, 0.15) is 11.9 Å². The number of benzene rings is 2. The first-order chi connectivity index (χ1) is 14.2. The summed E-state index contributed by atoms with van der Waals surface area (Å²) in [5.74, 6) is 0.706. The number of hydrogen-bond acceptors (Lipinski definition) is 4. The van der Waals surface area contributed by atoms with Gasteiger partial charge in [-0.3, -0.25) is 9.48 Å². The van der Waals surface area contributed by atoms with Gasteiger partial charge < -0.3 is 14.8 Å². The molecular weight excluding hydrogens is 366 g/mol. The number of carbonyl (C=O) groups excluding carboxylic acids is 1. The van der Waals surface area contributed by atoms with Crippen molar-refractivity contribution in [3.63, 3.8) is 0 Å². The average molecular weight is 391 g/mol. The molecule has 2 aromatic carbocycles. The van der Waals surface area contributed by atoms with Gasteiger partial charge in [0.15, 0.2) is 0 Å². The van der Waals surface area contributed by atoms with Gasteiger partial charge in [-0.1, -0.05) is 42.5 Å². The molecular formula is C23H25N3O3. The molecule has 0 fully saturated rings. The van der Waals surface area contributed by atoms with Gasteiger partial charge in [0.2, 0.25) is 5.91 Å². The Balaban J connectivity index is 1.37. The van der Waals surface area contributed by atoms with E-state index in [0.717, 1.165) is 30.0 Å². The molecule has 4 rings (SSSR count). The Bertz CT molecular complexity index is 969. The van der Waals surface area contributed by atoms with Gasteiger partial charge in [0, 0.05) is 12.7 Å². The molecule has 0 radical (unpaired) electrons. The van der Waals surface area contributed by atoms with Crippen molar-refractivity contribution < 1.29 is 14.3 Å². The predicted molar refractivity (Wildman–Crippen MR) is 110 cm³/mol. The van der Waals surface area contributed by atoms with Crippen LogP contribution in [0.4, 0.5) is 0 Å². The van der Waals surface area contributed by atoms with Gasteiger partial charge in [-0.05, 0) is 35.2 Å². The van der Waals surface area contributed by atoms with E-state index in [2.05, 4.69) is 23.6 Å². The molecule has 0 aliphatic carbocycles. The number of nitrogens with one attached hydrogen (secondary N) is 1. The summed E-state index contributed by atoms with van der Waals surface area (Å²) in [6, 6.07) is 17.8. The van der Waals surface area contributed by atoms with Gasteiger partial charge in [-0.25, -0.2) is 0 Å². The summed E-state index contributed by atoms with van der Waals surface area (Å²) in [4.78, 5) is 12.4. The summed E-state index contributed by atoms with van der Waals surface area (Å²) in [5.41, 5.74) is 4.24. The quantitative estimate of drug-likeness (QED) is 0.673. The molecule has 1 amide bonds. The van der Waals surface area contributed by atoms with Gasteiger partial charge >= 0.3 is 0 Å². The van der Waals surface area contributed by atoms with Crippen molar-refractivity contribution in [1.29, 1.82) is 0 Å². The highest BCUT2D eigenvalue weighted by Crippen LogP contribution is 2.25. The molecule has 1 atom stereocenters. The van der Waals surface area contributed by atoms with E-state index in [1.807, 2.05) is 47.1 Å². The van der Waals surface area contributed by atoms with Gasteiger partial charge in [0.05, 0.1) is 32.4 Å². The van der Waals surface area contributed by atoms with E-state index in [1.54, 1.807) is 7.11 Å². The summed E-state index contributed by atoms with van der Waals surface area (Å²) >= 11 is 0. The van der Waals surface area contributed by atoms with Crippen LogP contribution < -0.4 is 10.1 Å². The van der Waals surface area contributed by atoms with Crippen LogP contribution in [-0.2, 0) is 28.9 Å². The predicted octanol–water partition coefficient (Wildman–Crippen LogP) is 2.91. The van der Waals surface area contributed by atoms with Crippen molar-refractivity contribution in [2.75, 3.05) is 20.3 Å². The first kappa shape index (κ1) is 19.2. The average Bonchev–Trinajstić information content (AvgIpc) is 3.16. The summed E-state index contributed by atoms with van der Waals surface area (Å²) in [6.45, 7) is 1.78. The van der Waals surface area contributed by atoms with Crippen molar-refractivity contribution in [2.24, 2.45) is 0 Å². The Morgan fingerprint density at radius 2 is 2.03 bits per heavy atom. The number of methoxy groups -OCH3 is 1. The normalized spacial score (nSPS) is 15.6. The third kappa shape index (κ3) is 4.84. The van der Waals surface area contributed by atoms with Crippen LogP contribution in [0.15, 0.2) is 60.8 Å². The lowest BCUT2D eigenvalue weighted by atomic mass is 10.1. The van der Waals surface area contributed by atoms with Crippen molar-refractivity contribution in [1.82, 2.24) is 15.1 Å². The Labute approximate surface area is 170 Å². The van der Waals surface area contributed by atoms with Gasteiger partial charge in [-0.2, -0.15) is 5.10 Å². The highest BCUT2D eigenvalue weighted by Gasteiger charge is 2.25. The largest absolute Gasteiger partial charge is 0.497 e. The molecule has 0 saturated carbocycles. The monoisotopic (exact) mass is 391 g/mol. The van der Waals surface area contributed by atoms with E-state index >= 15 is 0 Å². The molecule has 150 valence electrons. The zero-order valence-corrected chi connectivity index (χ0v) is 16.5. The SMILES string of the molecule is COc1cccc(CC(=O)NCC2OCCc3cn(Cc4ccccc4)nc32)c1. The summed E-state index contributed by atoms with van der Waals surface area (Å²) < 4.78 is 13.1. The van der Waals surface area contributed by atoms with E-state index < -0.39 is 0 Å². The molecule has 1 N–H and O–H groups in total. The summed E-state index contributed by atoms with van der Waals surface area (Å²) in [6.07, 6.45) is 3.03. The fraction of sp³-hybridized carbons (Fsp3) is 0.304. The molecule has 0 spiro atoms. The van der Waals surface area contributed by atoms with E-state index in [4.69, 9.17) is 14.6 Å². The third-order valence-electron chi connectivity index (χ3n) is 5.04. The molecule has 1 aliphatic rings. The van der Waals surface area contributed by atoms with Crippen LogP contribution in [0.5, 0.6) is 5.75 Å². The Kier molecular flexibility index (Phi) is 5.91. The Morgan fingerprint density at radius 3 is 2.86 bits per heavy atom. The molecule has 0 saturated heterocycles. The van der Waals surface area contributed by atoms with Crippen LogP contribution in [0.2, 0.25) is 0 Å². The van der Waals surface area contributed by atoms with Crippen LogP contribution in [0.1, 0.15) is 28.5 Å². The molecule has 1 unspecified atom stereocenters. The van der Waals surface area contributed by atoms with E-state index in [0.29, 0.717) is 19.6 Å². The van der Waals surface area contributed by atoms with E-state index in [-0.39, 0.29) is 12.0 Å². The molecule has 0 bridgehead atoms. The number of ether oxygens (including phenoxy) is 2. The van der Waals surface area contributed by atoms with Gasteiger partial charge in [0.25, 0.3) is 0 Å². The fourth-order valence-electron chi connectivity index (χ4n) is 3.58.